The van der Waals surface area contributed by atoms with E-state index in [1.54, 1.807) is 14.1 Å². The highest BCUT2D eigenvalue weighted by molar-refractivity contribution is 5.83. The molecule has 104 valence electrons. The SMILES string of the molecule is CN(C)C(=O)CCNC(=O)C1(CN)CCCCC1. The van der Waals surface area contributed by atoms with Crippen molar-refractivity contribution in [2.45, 2.75) is 38.5 Å². The van der Waals surface area contributed by atoms with Gasteiger partial charge in [0.1, 0.15) is 0 Å². The molecule has 1 fully saturated rings. The first kappa shape index (κ1) is 15.0. The van der Waals surface area contributed by atoms with Crippen molar-refractivity contribution >= 4 is 11.8 Å². The Bertz CT molecular complexity index is 297. The molecule has 0 aliphatic heterocycles. The number of nitrogens with two attached hydrogens (primary N) is 1. The summed E-state index contributed by atoms with van der Waals surface area (Å²) >= 11 is 0. The Balaban J connectivity index is 2.41. The molecule has 0 bridgehead atoms. The van der Waals surface area contributed by atoms with Crippen LogP contribution in [0.5, 0.6) is 0 Å². The van der Waals surface area contributed by atoms with Crippen LogP contribution in [0.3, 0.4) is 0 Å². The number of hydrogen-bond donors (Lipinski definition) is 2. The Morgan fingerprint density at radius 1 is 1.22 bits per heavy atom. The van der Waals surface area contributed by atoms with Gasteiger partial charge in [0.25, 0.3) is 0 Å². The topological polar surface area (TPSA) is 75.4 Å². The first-order valence-electron chi connectivity index (χ1n) is 6.70. The van der Waals surface area contributed by atoms with Gasteiger partial charge >= 0.3 is 0 Å². The summed E-state index contributed by atoms with van der Waals surface area (Å²) in [5.41, 5.74) is 5.39. The molecule has 18 heavy (non-hydrogen) atoms. The van der Waals surface area contributed by atoms with E-state index in [1.165, 1.54) is 11.3 Å². The van der Waals surface area contributed by atoms with Gasteiger partial charge in [-0.25, -0.2) is 0 Å². The highest BCUT2D eigenvalue weighted by Gasteiger charge is 2.37. The number of nitrogens with one attached hydrogen (secondary N) is 1. The van der Waals surface area contributed by atoms with Crippen molar-refractivity contribution in [2.24, 2.45) is 11.1 Å². The third-order valence-electron chi connectivity index (χ3n) is 3.81. The second-order valence-electron chi connectivity index (χ2n) is 5.34. The molecule has 0 unspecified atom stereocenters. The lowest BCUT2D eigenvalue weighted by atomic mass is 9.73. The first-order chi connectivity index (χ1) is 8.52. The Labute approximate surface area is 109 Å². The minimum atomic E-state index is -0.389. The summed E-state index contributed by atoms with van der Waals surface area (Å²) in [4.78, 5) is 25.1. The molecule has 0 radical (unpaired) electrons. The second kappa shape index (κ2) is 6.73. The van der Waals surface area contributed by atoms with Crippen LogP contribution in [0.4, 0.5) is 0 Å². The highest BCUT2D eigenvalue weighted by Crippen LogP contribution is 2.35. The number of rotatable bonds is 5. The molecule has 0 atom stereocenters. The number of carbonyl (C=O) groups excluding carboxylic acids is 2. The van der Waals surface area contributed by atoms with Gasteiger partial charge in [-0.1, -0.05) is 19.3 Å². The number of amides is 2. The zero-order valence-corrected chi connectivity index (χ0v) is 11.5. The zero-order valence-electron chi connectivity index (χ0n) is 11.5. The Morgan fingerprint density at radius 2 is 1.83 bits per heavy atom. The third kappa shape index (κ3) is 3.70. The smallest absolute Gasteiger partial charge is 0.227 e. The minimum absolute atomic E-state index is 0.0243. The fourth-order valence-electron chi connectivity index (χ4n) is 2.45. The number of nitrogens with zero attached hydrogens (tertiary/aromatic N) is 1. The molecule has 1 aliphatic carbocycles. The molecular weight excluding hydrogens is 230 g/mol. The largest absolute Gasteiger partial charge is 0.355 e. The summed E-state index contributed by atoms with van der Waals surface area (Å²) in [6.45, 7) is 0.804. The molecule has 0 heterocycles. The Hall–Kier alpha value is -1.10. The lowest BCUT2D eigenvalue weighted by molar-refractivity contribution is -0.132. The van der Waals surface area contributed by atoms with Gasteiger partial charge in [-0.15, -0.1) is 0 Å². The summed E-state index contributed by atoms with van der Waals surface area (Å²) in [7, 11) is 3.43. The standard InChI is InChI=1S/C13H25N3O2/c1-16(2)11(17)6-9-15-12(18)13(10-14)7-4-3-5-8-13/h3-10,14H2,1-2H3,(H,15,18). The van der Waals surface area contributed by atoms with Gasteiger partial charge in [-0.05, 0) is 12.8 Å². The van der Waals surface area contributed by atoms with Gasteiger partial charge in [-0.2, -0.15) is 0 Å². The molecule has 3 N–H and O–H groups in total. The van der Waals surface area contributed by atoms with Crippen molar-refractivity contribution < 1.29 is 9.59 Å². The maximum Gasteiger partial charge on any atom is 0.227 e. The van der Waals surface area contributed by atoms with E-state index in [0.717, 1.165) is 25.7 Å². The molecule has 0 aromatic rings. The maximum absolute atomic E-state index is 12.2. The average Bonchev–Trinajstić information content (AvgIpc) is 2.39. The van der Waals surface area contributed by atoms with Gasteiger partial charge in [0.05, 0.1) is 5.41 Å². The quantitative estimate of drug-likeness (QED) is 0.750. The third-order valence-corrected chi connectivity index (χ3v) is 3.81. The van der Waals surface area contributed by atoms with Crippen molar-refractivity contribution in [3.8, 4) is 0 Å². The molecule has 0 saturated heterocycles. The molecule has 0 aromatic heterocycles. The van der Waals surface area contributed by atoms with Gasteiger partial charge < -0.3 is 16.0 Å². The fraction of sp³-hybridized carbons (Fsp3) is 0.846. The molecule has 1 aliphatic rings. The first-order valence-corrected chi connectivity index (χ1v) is 6.70. The van der Waals surface area contributed by atoms with E-state index in [1.807, 2.05) is 0 Å². The van der Waals surface area contributed by atoms with Crippen LogP contribution < -0.4 is 11.1 Å². The maximum atomic E-state index is 12.2. The van der Waals surface area contributed by atoms with Gasteiger partial charge in [0.2, 0.25) is 11.8 Å². The van der Waals surface area contributed by atoms with E-state index in [4.69, 9.17) is 5.73 Å². The summed E-state index contributed by atoms with van der Waals surface area (Å²) in [5.74, 6) is 0.0528. The fourth-order valence-corrected chi connectivity index (χ4v) is 2.45. The summed E-state index contributed by atoms with van der Waals surface area (Å²) in [6, 6.07) is 0. The zero-order chi connectivity index (χ0) is 13.6. The summed E-state index contributed by atoms with van der Waals surface area (Å²) in [5, 5.41) is 2.86. The predicted molar refractivity (Wildman–Crippen MR) is 70.9 cm³/mol. The molecule has 0 spiro atoms. The highest BCUT2D eigenvalue weighted by atomic mass is 16.2. The average molecular weight is 255 g/mol. The molecule has 2 amide bonds. The molecule has 5 heteroatoms. The van der Waals surface area contributed by atoms with E-state index >= 15 is 0 Å². The van der Waals surface area contributed by atoms with Crippen LogP contribution in [0.1, 0.15) is 38.5 Å². The summed E-state index contributed by atoms with van der Waals surface area (Å²) < 4.78 is 0. The van der Waals surface area contributed by atoms with Crippen molar-refractivity contribution in [1.82, 2.24) is 10.2 Å². The van der Waals surface area contributed by atoms with Crippen LogP contribution in [0, 0.1) is 5.41 Å². The van der Waals surface area contributed by atoms with Crippen LogP contribution in [-0.4, -0.2) is 43.9 Å². The van der Waals surface area contributed by atoms with Crippen LogP contribution in [0.25, 0.3) is 0 Å². The number of carbonyl (C=O) groups is 2. The summed E-state index contributed by atoms with van der Waals surface area (Å²) in [6.07, 6.45) is 5.42. The van der Waals surface area contributed by atoms with Gasteiger partial charge in [-0.3, -0.25) is 9.59 Å². The van der Waals surface area contributed by atoms with E-state index in [2.05, 4.69) is 5.32 Å². The van der Waals surface area contributed by atoms with Crippen LogP contribution in [0.2, 0.25) is 0 Å². The normalized spacial score (nSPS) is 18.2. The van der Waals surface area contributed by atoms with E-state index in [-0.39, 0.29) is 17.2 Å². The van der Waals surface area contributed by atoms with Gasteiger partial charge in [0.15, 0.2) is 0 Å². The second-order valence-corrected chi connectivity index (χ2v) is 5.34. The van der Waals surface area contributed by atoms with E-state index in [0.29, 0.717) is 19.5 Å². The van der Waals surface area contributed by atoms with Gasteiger partial charge in [0, 0.05) is 33.6 Å². The van der Waals surface area contributed by atoms with Crippen molar-refractivity contribution in [2.75, 3.05) is 27.2 Å². The van der Waals surface area contributed by atoms with Crippen molar-refractivity contribution in [3.63, 3.8) is 0 Å². The van der Waals surface area contributed by atoms with Crippen LogP contribution in [-0.2, 0) is 9.59 Å². The molecule has 0 aromatic carbocycles. The monoisotopic (exact) mass is 255 g/mol. The Morgan fingerprint density at radius 3 is 2.33 bits per heavy atom. The van der Waals surface area contributed by atoms with Crippen LogP contribution in [0.15, 0.2) is 0 Å². The predicted octanol–water partition coefficient (Wildman–Crippen LogP) is 0.490. The lowest BCUT2D eigenvalue weighted by Crippen LogP contribution is -2.47. The number of hydrogen-bond acceptors (Lipinski definition) is 3. The molecule has 1 saturated carbocycles. The minimum Gasteiger partial charge on any atom is -0.355 e. The van der Waals surface area contributed by atoms with Crippen molar-refractivity contribution in [3.05, 3.63) is 0 Å². The van der Waals surface area contributed by atoms with E-state index < -0.39 is 0 Å². The molecule has 5 nitrogen and oxygen atoms in total. The van der Waals surface area contributed by atoms with Crippen molar-refractivity contribution in [1.29, 1.82) is 0 Å². The molecule has 1 rings (SSSR count). The Kier molecular flexibility index (Phi) is 5.59. The van der Waals surface area contributed by atoms with E-state index in [9.17, 15) is 9.59 Å². The van der Waals surface area contributed by atoms with Crippen LogP contribution >= 0.6 is 0 Å². The lowest BCUT2D eigenvalue weighted by Gasteiger charge is -2.34. The molecular formula is C13H25N3O2.